The van der Waals surface area contributed by atoms with Crippen LogP contribution in [0.1, 0.15) is 0 Å². The lowest BCUT2D eigenvalue weighted by Crippen LogP contribution is -2.37. The van der Waals surface area contributed by atoms with Crippen LogP contribution in [0.3, 0.4) is 0 Å². The maximum Gasteiger partial charge on any atom is 0.329 e. The molecule has 0 aromatic heterocycles. The second kappa shape index (κ2) is 9.75. The number of hydrogen-bond donors (Lipinski definition) is 3. The summed E-state index contributed by atoms with van der Waals surface area (Å²) >= 11 is 23.9. The average molecular weight is 531 g/mol. The minimum absolute atomic E-state index is 0.0609. The number of anilines is 2. The summed E-state index contributed by atoms with van der Waals surface area (Å²) in [5.74, 6) is -7.70. The number of nitrogens with two attached hydrogens (primary N) is 1. The molecule has 1 aliphatic rings. The molecule has 1 unspecified atom stereocenters. The number of nitrogens with zero attached hydrogens (tertiary/aromatic N) is 2. The lowest BCUT2D eigenvalue weighted by molar-refractivity contribution is -0.137. The quantitative estimate of drug-likeness (QED) is 0.240. The summed E-state index contributed by atoms with van der Waals surface area (Å²) in [5, 5.41) is 6.42. The molecule has 14 heteroatoms. The second-order valence-corrected chi connectivity index (χ2v) is 8.11. The standard InChI is InChI=1S/C19H11Cl4N5O5/c20-7-1-3-11(9(22)5-7)25-16(30)13-14(26-27-17(31)15(24)29)19(33)28(18(13)32)12-4-2-8(21)6-10(12)23/h1-6,13H,(H2,24,29)(H,25,30)(H,27,31)/b26-14-. The van der Waals surface area contributed by atoms with Crippen molar-refractivity contribution in [3.05, 3.63) is 56.5 Å². The van der Waals surface area contributed by atoms with Crippen molar-refractivity contribution in [2.45, 2.75) is 0 Å². The van der Waals surface area contributed by atoms with E-state index in [1.165, 1.54) is 36.4 Å². The molecule has 10 nitrogen and oxygen atoms in total. The van der Waals surface area contributed by atoms with Crippen molar-refractivity contribution in [3.63, 3.8) is 0 Å². The first-order chi connectivity index (χ1) is 15.5. The third-order valence-electron chi connectivity index (χ3n) is 4.27. The second-order valence-electron chi connectivity index (χ2n) is 6.42. The number of amides is 5. The Morgan fingerprint density at radius 3 is 2.12 bits per heavy atom. The number of hydrazone groups is 1. The normalized spacial score (nSPS) is 16.8. The third-order valence-corrected chi connectivity index (χ3v) is 5.35. The fourth-order valence-corrected chi connectivity index (χ4v) is 3.73. The van der Waals surface area contributed by atoms with E-state index in [1.807, 2.05) is 0 Å². The molecule has 3 rings (SSSR count). The Morgan fingerprint density at radius 1 is 0.939 bits per heavy atom. The van der Waals surface area contributed by atoms with Crippen LogP contribution >= 0.6 is 46.4 Å². The topological polar surface area (TPSA) is 151 Å². The number of primary amides is 1. The fourth-order valence-electron chi connectivity index (χ4n) is 2.79. The van der Waals surface area contributed by atoms with Crippen molar-refractivity contribution in [2.75, 3.05) is 10.2 Å². The smallest absolute Gasteiger partial charge is 0.329 e. The number of halogens is 4. The van der Waals surface area contributed by atoms with Gasteiger partial charge in [-0.15, -0.1) is 0 Å². The van der Waals surface area contributed by atoms with Crippen LogP contribution in [-0.2, 0) is 24.0 Å². The van der Waals surface area contributed by atoms with Gasteiger partial charge in [-0.3, -0.25) is 24.0 Å². The summed E-state index contributed by atoms with van der Waals surface area (Å²) in [6, 6.07) is 8.11. The minimum atomic E-state index is -1.83. The van der Waals surface area contributed by atoms with Crippen LogP contribution in [0, 0.1) is 5.92 Å². The van der Waals surface area contributed by atoms with Crippen LogP contribution in [-0.4, -0.2) is 35.2 Å². The van der Waals surface area contributed by atoms with E-state index in [9.17, 15) is 24.0 Å². The van der Waals surface area contributed by atoms with Crippen LogP contribution in [0.25, 0.3) is 0 Å². The van der Waals surface area contributed by atoms with Gasteiger partial charge < -0.3 is 11.1 Å². The van der Waals surface area contributed by atoms with E-state index in [-0.39, 0.29) is 26.4 Å². The van der Waals surface area contributed by atoms with E-state index >= 15 is 0 Å². The highest BCUT2D eigenvalue weighted by atomic mass is 35.5. The molecule has 1 heterocycles. The van der Waals surface area contributed by atoms with Gasteiger partial charge in [0.15, 0.2) is 5.92 Å². The molecule has 0 spiro atoms. The van der Waals surface area contributed by atoms with E-state index in [0.717, 1.165) is 0 Å². The van der Waals surface area contributed by atoms with Gasteiger partial charge >= 0.3 is 11.8 Å². The van der Waals surface area contributed by atoms with Gasteiger partial charge in [0.2, 0.25) is 5.91 Å². The molecule has 1 atom stereocenters. The maximum absolute atomic E-state index is 13.1. The van der Waals surface area contributed by atoms with E-state index < -0.39 is 41.2 Å². The van der Waals surface area contributed by atoms with E-state index in [0.29, 0.717) is 9.92 Å². The largest absolute Gasteiger partial charge is 0.361 e. The van der Waals surface area contributed by atoms with Crippen molar-refractivity contribution in [1.82, 2.24) is 5.43 Å². The number of carbonyl (C=O) groups is 5. The summed E-state index contributed by atoms with van der Waals surface area (Å²) in [6.45, 7) is 0. The molecule has 170 valence electrons. The predicted molar refractivity (Wildman–Crippen MR) is 122 cm³/mol. The maximum atomic E-state index is 13.1. The molecule has 2 aromatic carbocycles. The zero-order valence-electron chi connectivity index (χ0n) is 16.1. The Bertz CT molecular complexity index is 1250. The highest BCUT2D eigenvalue weighted by Crippen LogP contribution is 2.34. The van der Waals surface area contributed by atoms with Crippen LogP contribution in [0.2, 0.25) is 20.1 Å². The number of rotatable bonds is 4. The van der Waals surface area contributed by atoms with Gasteiger partial charge in [-0.25, -0.2) is 10.3 Å². The number of imide groups is 1. The molecule has 2 aromatic rings. The van der Waals surface area contributed by atoms with Crippen molar-refractivity contribution < 1.29 is 24.0 Å². The molecule has 1 fully saturated rings. The molecule has 0 saturated carbocycles. The van der Waals surface area contributed by atoms with Gasteiger partial charge in [0.1, 0.15) is 5.71 Å². The van der Waals surface area contributed by atoms with Crippen molar-refractivity contribution in [2.24, 2.45) is 16.8 Å². The van der Waals surface area contributed by atoms with E-state index in [2.05, 4.69) is 10.4 Å². The Labute approximate surface area is 205 Å². The molecule has 4 N–H and O–H groups in total. The Morgan fingerprint density at radius 2 is 1.55 bits per heavy atom. The van der Waals surface area contributed by atoms with E-state index in [4.69, 9.17) is 52.1 Å². The highest BCUT2D eigenvalue weighted by molar-refractivity contribution is 6.62. The van der Waals surface area contributed by atoms with E-state index in [1.54, 1.807) is 5.43 Å². The first kappa shape index (κ1) is 24.5. The highest BCUT2D eigenvalue weighted by Gasteiger charge is 2.50. The number of nitrogens with one attached hydrogen (secondary N) is 2. The third kappa shape index (κ3) is 5.09. The summed E-state index contributed by atoms with van der Waals surface area (Å²) in [5.41, 5.74) is 5.90. The lowest BCUT2D eigenvalue weighted by Gasteiger charge is -2.16. The summed E-state index contributed by atoms with van der Waals surface area (Å²) in [4.78, 5) is 62.2. The Balaban J connectivity index is 2.03. The van der Waals surface area contributed by atoms with Crippen molar-refractivity contribution in [1.29, 1.82) is 0 Å². The lowest BCUT2D eigenvalue weighted by atomic mass is 10.0. The fraction of sp³-hybridized carbons (Fsp3) is 0.0526. The van der Waals surface area contributed by atoms with Crippen LogP contribution < -0.4 is 21.4 Å². The van der Waals surface area contributed by atoms with Crippen molar-refractivity contribution >= 4 is 93.0 Å². The SMILES string of the molecule is NC(=O)C(=O)N/N=C1\C(=O)N(c2ccc(Cl)cc2Cl)C(=O)C1C(=O)Nc1ccc(Cl)cc1Cl. The number of hydrogen-bond acceptors (Lipinski definition) is 6. The van der Waals surface area contributed by atoms with Gasteiger partial charge in [0.05, 0.1) is 21.4 Å². The first-order valence-corrected chi connectivity index (χ1v) is 10.3. The van der Waals surface area contributed by atoms with Crippen LogP contribution in [0.5, 0.6) is 0 Å². The molecule has 5 amide bonds. The van der Waals surface area contributed by atoms with Gasteiger partial charge in [0, 0.05) is 10.0 Å². The molecular weight excluding hydrogens is 520 g/mol. The average Bonchev–Trinajstić information content (AvgIpc) is 2.98. The summed E-state index contributed by atoms with van der Waals surface area (Å²) < 4.78 is 0. The molecule has 1 aliphatic heterocycles. The molecule has 0 bridgehead atoms. The van der Waals surface area contributed by atoms with Gasteiger partial charge in [-0.2, -0.15) is 5.10 Å². The van der Waals surface area contributed by atoms with Crippen molar-refractivity contribution in [3.8, 4) is 0 Å². The molecule has 33 heavy (non-hydrogen) atoms. The zero-order chi connectivity index (χ0) is 24.4. The number of benzene rings is 2. The van der Waals surface area contributed by atoms with Crippen LogP contribution in [0.4, 0.5) is 11.4 Å². The van der Waals surface area contributed by atoms with Gasteiger partial charge in [-0.1, -0.05) is 46.4 Å². The summed E-state index contributed by atoms with van der Waals surface area (Å²) in [6.07, 6.45) is 0. The Hall–Kier alpha value is -3.18. The minimum Gasteiger partial charge on any atom is -0.361 e. The number of carbonyl (C=O) groups excluding carboxylic acids is 5. The predicted octanol–water partition coefficient (Wildman–Crippen LogP) is 2.39. The zero-order valence-corrected chi connectivity index (χ0v) is 19.1. The summed E-state index contributed by atoms with van der Waals surface area (Å²) in [7, 11) is 0. The monoisotopic (exact) mass is 529 g/mol. The molecular formula is C19H11Cl4N5O5. The molecule has 1 saturated heterocycles. The van der Waals surface area contributed by atoms with Gasteiger partial charge in [0.25, 0.3) is 11.8 Å². The Kier molecular flexibility index (Phi) is 7.23. The molecule has 0 radical (unpaired) electrons. The van der Waals surface area contributed by atoms with Crippen LogP contribution in [0.15, 0.2) is 41.5 Å². The van der Waals surface area contributed by atoms with Gasteiger partial charge in [-0.05, 0) is 36.4 Å². The first-order valence-electron chi connectivity index (χ1n) is 8.78. The molecule has 0 aliphatic carbocycles.